The van der Waals surface area contributed by atoms with Crippen LogP contribution in [0.5, 0.6) is 0 Å². The van der Waals surface area contributed by atoms with Crippen molar-refractivity contribution in [1.29, 1.82) is 0 Å². The summed E-state index contributed by atoms with van der Waals surface area (Å²) >= 11 is 13.6. The van der Waals surface area contributed by atoms with Crippen LogP contribution in [0, 0.1) is 6.92 Å². The van der Waals surface area contributed by atoms with Crippen molar-refractivity contribution in [1.82, 2.24) is 20.1 Å². The zero-order valence-electron chi connectivity index (χ0n) is 16.7. The summed E-state index contributed by atoms with van der Waals surface area (Å²) < 4.78 is 1.95. The van der Waals surface area contributed by atoms with Gasteiger partial charge in [-0.3, -0.25) is 4.79 Å². The lowest BCUT2D eigenvalue weighted by atomic mass is 10.1. The van der Waals surface area contributed by atoms with E-state index in [1.807, 2.05) is 48.7 Å². The molecule has 156 valence electrons. The van der Waals surface area contributed by atoms with Crippen molar-refractivity contribution in [2.24, 2.45) is 0 Å². The predicted molar refractivity (Wildman–Crippen MR) is 123 cm³/mol. The van der Waals surface area contributed by atoms with Crippen LogP contribution >= 0.6 is 35.0 Å². The predicted octanol–water partition coefficient (Wildman–Crippen LogP) is 5.86. The first-order valence-corrected chi connectivity index (χ1v) is 11.1. The van der Waals surface area contributed by atoms with Crippen LogP contribution in [-0.2, 0) is 12.3 Å². The van der Waals surface area contributed by atoms with Gasteiger partial charge < -0.3 is 9.88 Å². The monoisotopic (exact) mass is 460 g/mol. The third-order valence-corrected chi connectivity index (χ3v) is 6.20. The van der Waals surface area contributed by atoms with Gasteiger partial charge >= 0.3 is 0 Å². The molecule has 1 heterocycles. The van der Waals surface area contributed by atoms with E-state index in [1.165, 1.54) is 11.8 Å². The van der Waals surface area contributed by atoms with Gasteiger partial charge in [-0.15, -0.1) is 16.8 Å². The number of amides is 1. The molecular formula is C22H22Cl2N4OS. The molecule has 0 saturated heterocycles. The minimum absolute atomic E-state index is 0.149. The van der Waals surface area contributed by atoms with Crippen LogP contribution in [0.4, 0.5) is 0 Å². The molecule has 0 bridgehead atoms. The average Bonchev–Trinajstić information content (AvgIpc) is 3.12. The van der Waals surface area contributed by atoms with Crippen molar-refractivity contribution in [3.05, 3.63) is 87.7 Å². The van der Waals surface area contributed by atoms with Crippen LogP contribution in [0.25, 0.3) is 0 Å². The highest BCUT2D eigenvalue weighted by molar-refractivity contribution is 7.98. The molecular weight excluding hydrogens is 439 g/mol. The maximum atomic E-state index is 12.6. The van der Waals surface area contributed by atoms with Gasteiger partial charge in [-0.05, 0) is 43.7 Å². The molecule has 0 spiro atoms. The van der Waals surface area contributed by atoms with Gasteiger partial charge in [0.05, 0.1) is 16.1 Å². The van der Waals surface area contributed by atoms with Crippen LogP contribution < -0.4 is 5.32 Å². The third-order valence-electron chi connectivity index (χ3n) is 4.42. The zero-order valence-corrected chi connectivity index (χ0v) is 19.1. The largest absolute Gasteiger partial charge is 0.342 e. The van der Waals surface area contributed by atoms with Gasteiger partial charge in [0.1, 0.15) is 0 Å². The van der Waals surface area contributed by atoms with E-state index in [2.05, 4.69) is 22.1 Å². The number of hydrogen-bond donors (Lipinski definition) is 1. The number of carbonyl (C=O) groups is 1. The van der Waals surface area contributed by atoms with E-state index in [-0.39, 0.29) is 11.9 Å². The minimum Gasteiger partial charge on any atom is -0.342 e. The number of nitrogens with zero attached hydrogens (tertiary/aromatic N) is 3. The molecule has 1 amide bonds. The molecule has 1 N–H and O–H groups in total. The second kappa shape index (κ2) is 10.2. The van der Waals surface area contributed by atoms with Crippen molar-refractivity contribution in [2.75, 3.05) is 0 Å². The van der Waals surface area contributed by atoms with Gasteiger partial charge in [0.2, 0.25) is 0 Å². The molecule has 3 aromatic rings. The first-order valence-electron chi connectivity index (χ1n) is 9.37. The summed E-state index contributed by atoms with van der Waals surface area (Å²) in [4.78, 5) is 12.6. The van der Waals surface area contributed by atoms with E-state index < -0.39 is 0 Å². The molecule has 30 heavy (non-hydrogen) atoms. The first-order chi connectivity index (χ1) is 14.4. The number of carbonyl (C=O) groups excluding carboxylic acids is 1. The molecule has 5 nitrogen and oxygen atoms in total. The van der Waals surface area contributed by atoms with Crippen LogP contribution in [-0.4, -0.2) is 20.7 Å². The maximum absolute atomic E-state index is 12.6. The standard InChI is InChI=1S/C22H22Cl2N4OS/c1-4-10-28-20(15(3)25-21(29)17-7-5-6-14(2)11-17)26-27-22(28)30-13-16-8-9-18(23)19(24)12-16/h4-9,11-12,15H,1,10,13H2,2-3H3,(H,25,29)/t15-/m1/s1. The Balaban J connectivity index is 1.74. The average molecular weight is 461 g/mol. The Bertz CT molecular complexity index is 1070. The van der Waals surface area contributed by atoms with Gasteiger partial charge in [0, 0.05) is 17.9 Å². The van der Waals surface area contributed by atoms with E-state index in [4.69, 9.17) is 23.2 Å². The van der Waals surface area contributed by atoms with E-state index in [0.717, 1.165) is 16.3 Å². The second-order valence-electron chi connectivity index (χ2n) is 6.84. The lowest BCUT2D eigenvalue weighted by Crippen LogP contribution is -2.28. The zero-order chi connectivity index (χ0) is 21.7. The topological polar surface area (TPSA) is 59.8 Å². The summed E-state index contributed by atoms with van der Waals surface area (Å²) in [6.45, 7) is 8.22. The van der Waals surface area contributed by atoms with Gasteiger partial charge in [-0.1, -0.05) is 64.8 Å². The van der Waals surface area contributed by atoms with Crippen molar-refractivity contribution in [2.45, 2.75) is 37.3 Å². The summed E-state index contributed by atoms with van der Waals surface area (Å²) in [6, 6.07) is 12.7. The molecule has 2 aromatic carbocycles. The van der Waals surface area contributed by atoms with Crippen LogP contribution in [0.15, 0.2) is 60.3 Å². The molecule has 0 unspecified atom stereocenters. The Hall–Kier alpha value is -2.28. The summed E-state index contributed by atoms with van der Waals surface area (Å²) in [5.41, 5.74) is 2.68. The van der Waals surface area contributed by atoms with Gasteiger partial charge in [-0.25, -0.2) is 0 Å². The highest BCUT2D eigenvalue weighted by Gasteiger charge is 2.20. The third kappa shape index (κ3) is 5.45. The SMILES string of the molecule is C=CCn1c(SCc2ccc(Cl)c(Cl)c2)nnc1[C@@H](C)NC(=O)c1cccc(C)c1. The molecule has 0 aliphatic carbocycles. The van der Waals surface area contributed by atoms with Crippen LogP contribution in [0.1, 0.15) is 40.3 Å². The number of allylic oxidation sites excluding steroid dienone is 1. The molecule has 0 aliphatic rings. The van der Waals surface area contributed by atoms with Crippen LogP contribution in [0.3, 0.4) is 0 Å². The first kappa shape index (κ1) is 22.4. The fraction of sp³-hybridized carbons (Fsp3) is 0.227. The van der Waals surface area contributed by atoms with Crippen molar-refractivity contribution < 1.29 is 4.79 Å². The number of rotatable bonds is 8. The number of aryl methyl sites for hydroxylation is 1. The van der Waals surface area contributed by atoms with E-state index in [0.29, 0.717) is 33.7 Å². The lowest BCUT2D eigenvalue weighted by molar-refractivity contribution is 0.0937. The fourth-order valence-electron chi connectivity index (χ4n) is 2.94. The molecule has 0 aliphatic heterocycles. The van der Waals surface area contributed by atoms with E-state index >= 15 is 0 Å². The second-order valence-corrected chi connectivity index (χ2v) is 8.60. The van der Waals surface area contributed by atoms with Gasteiger partial charge in [-0.2, -0.15) is 0 Å². The fourth-order valence-corrected chi connectivity index (χ4v) is 4.15. The highest BCUT2D eigenvalue weighted by Crippen LogP contribution is 2.28. The Labute approximate surface area is 190 Å². The molecule has 3 rings (SSSR count). The lowest BCUT2D eigenvalue weighted by Gasteiger charge is -2.15. The molecule has 0 saturated carbocycles. The highest BCUT2D eigenvalue weighted by atomic mass is 35.5. The summed E-state index contributed by atoms with van der Waals surface area (Å²) in [5.74, 6) is 1.19. The molecule has 0 radical (unpaired) electrons. The quantitative estimate of drug-likeness (QED) is 0.337. The van der Waals surface area contributed by atoms with Crippen LogP contribution in [0.2, 0.25) is 10.0 Å². The molecule has 1 atom stereocenters. The Kier molecular flexibility index (Phi) is 7.58. The summed E-state index contributed by atoms with van der Waals surface area (Å²) in [7, 11) is 0. The summed E-state index contributed by atoms with van der Waals surface area (Å²) in [6.07, 6.45) is 1.78. The molecule has 0 fully saturated rings. The van der Waals surface area contributed by atoms with Gasteiger partial charge in [0.15, 0.2) is 11.0 Å². The van der Waals surface area contributed by atoms with Crippen molar-refractivity contribution >= 4 is 40.9 Å². The van der Waals surface area contributed by atoms with E-state index in [9.17, 15) is 4.79 Å². The van der Waals surface area contributed by atoms with Crippen molar-refractivity contribution in [3.63, 3.8) is 0 Å². The molecule has 1 aromatic heterocycles. The van der Waals surface area contributed by atoms with Gasteiger partial charge in [0.25, 0.3) is 5.91 Å². The Morgan fingerprint density at radius 1 is 1.23 bits per heavy atom. The smallest absolute Gasteiger partial charge is 0.251 e. The maximum Gasteiger partial charge on any atom is 0.251 e. The number of nitrogens with one attached hydrogen (secondary N) is 1. The van der Waals surface area contributed by atoms with E-state index in [1.54, 1.807) is 18.2 Å². The normalized spacial score (nSPS) is 11.9. The molecule has 8 heteroatoms. The van der Waals surface area contributed by atoms with Crippen molar-refractivity contribution in [3.8, 4) is 0 Å². The number of hydrogen-bond acceptors (Lipinski definition) is 4. The number of aromatic nitrogens is 3. The number of thioether (sulfide) groups is 1. The number of benzene rings is 2. The summed E-state index contributed by atoms with van der Waals surface area (Å²) in [5, 5.41) is 13.4. The minimum atomic E-state index is -0.315. The number of halogens is 2. The Morgan fingerprint density at radius 3 is 2.73 bits per heavy atom. The Morgan fingerprint density at radius 2 is 2.03 bits per heavy atom.